The van der Waals surface area contributed by atoms with Gasteiger partial charge >= 0.3 is 6.09 Å². The summed E-state index contributed by atoms with van der Waals surface area (Å²) in [6, 6.07) is 23.3. The van der Waals surface area contributed by atoms with E-state index in [1.165, 1.54) is 0 Å². The maximum absolute atomic E-state index is 13.4. The van der Waals surface area contributed by atoms with Gasteiger partial charge in [0.2, 0.25) is 5.91 Å². The van der Waals surface area contributed by atoms with E-state index in [1.54, 1.807) is 24.3 Å². The van der Waals surface area contributed by atoms with Crippen LogP contribution in [0, 0.1) is 5.41 Å². The van der Waals surface area contributed by atoms with Crippen LogP contribution in [0.3, 0.4) is 0 Å². The van der Waals surface area contributed by atoms with Crippen molar-refractivity contribution in [2.45, 2.75) is 76.3 Å². The standard InChI is InChI=1S/C34H36IN3O5/c1-34(2)19-27(29-30-31(43-30)32(34)38(29)35)42-33(41)37-26-18-21(14-17-25(26)23-9-4-3-5-10-23)8-6-7-11-28(40)36-24-15-12-22(20-39)13-16-24/h3-5,9-10,12-18,20,27,29-32H,6-8,11,19H2,1-2H3,(H,36,40)(H,37,41). The number of benzene rings is 3. The molecule has 0 spiro atoms. The lowest BCUT2D eigenvalue weighted by molar-refractivity contribution is -0.116. The van der Waals surface area contributed by atoms with Gasteiger partial charge < -0.3 is 14.8 Å². The molecular formula is C34H36IN3O5. The number of halogens is 1. The summed E-state index contributed by atoms with van der Waals surface area (Å²) >= 11 is 2.38. The number of fused-ring (bicyclic) bond motifs is 5. The molecule has 8 nitrogen and oxygen atoms in total. The fourth-order valence-electron chi connectivity index (χ4n) is 6.63. The van der Waals surface area contributed by atoms with Crippen molar-refractivity contribution in [2.75, 3.05) is 10.6 Å². The Morgan fingerprint density at radius 1 is 1.02 bits per heavy atom. The van der Waals surface area contributed by atoms with Crippen molar-refractivity contribution in [3.05, 3.63) is 83.9 Å². The van der Waals surface area contributed by atoms with Gasteiger partial charge in [-0.25, -0.2) is 7.91 Å². The van der Waals surface area contributed by atoms with E-state index in [0.717, 1.165) is 48.7 Å². The number of nitrogens with zero attached hydrogens (tertiary/aromatic N) is 1. The van der Waals surface area contributed by atoms with Crippen LogP contribution in [0.4, 0.5) is 16.2 Å². The predicted octanol–water partition coefficient (Wildman–Crippen LogP) is 7.03. The number of hydrogen-bond donors (Lipinski definition) is 2. The number of piperidine rings is 1. The van der Waals surface area contributed by atoms with E-state index in [9.17, 15) is 14.4 Å². The maximum atomic E-state index is 13.4. The van der Waals surface area contributed by atoms with Gasteiger partial charge in [0, 0.05) is 46.1 Å². The Morgan fingerprint density at radius 3 is 2.53 bits per heavy atom. The summed E-state index contributed by atoms with van der Waals surface area (Å²) in [5.74, 6) is -0.0594. The smallest absolute Gasteiger partial charge is 0.411 e. The van der Waals surface area contributed by atoms with Crippen LogP contribution < -0.4 is 10.6 Å². The fraction of sp³-hybridized carbons (Fsp3) is 0.382. The van der Waals surface area contributed by atoms with Crippen LogP contribution >= 0.6 is 22.9 Å². The van der Waals surface area contributed by atoms with Crippen molar-refractivity contribution < 1.29 is 23.9 Å². The Bertz CT molecular complexity index is 1500. The monoisotopic (exact) mass is 693 g/mol. The summed E-state index contributed by atoms with van der Waals surface area (Å²) in [5, 5.41) is 5.94. The van der Waals surface area contributed by atoms with Crippen molar-refractivity contribution in [3.63, 3.8) is 0 Å². The van der Waals surface area contributed by atoms with Gasteiger partial charge in [-0.3, -0.25) is 14.9 Å². The number of carbonyl (C=O) groups excluding carboxylic acids is 3. The van der Waals surface area contributed by atoms with Crippen LogP contribution in [-0.4, -0.2) is 51.8 Å². The van der Waals surface area contributed by atoms with Gasteiger partial charge in [-0.1, -0.05) is 56.3 Å². The van der Waals surface area contributed by atoms with Crippen LogP contribution in [-0.2, 0) is 20.7 Å². The van der Waals surface area contributed by atoms with E-state index in [1.807, 2.05) is 42.5 Å². The molecule has 2 amide bonds. The molecule has 3 fully saturated rings. The van der Waals surface area contributed by atoms with Crippen molar-refractivity contribution in [1.82, 2.24) is 3.11 Å². The summed E-state index contributed by atoms with van der Waals surface area (Å²) in [5.41, 5.74) is 4.93. The van der Waals surface area contributed by atoms with Crippen molar-refractivity contribution in [3.8, 4) is 11.1 Å². The second-order valence-electron chi connectivity index (χ2n) is 12.3. The lowest BCUT2D eigenvalue weighted by atomic mass is 9.77. The van der Waals surface area contributed by atoms with Crippen LogP contribution in [0.5, 0.6) is 0 Å². The number of epoxide rings is 1. The first-order valence-corrected chi connectivity index (χ1v) is 15.8. The third-order valence-electron chi connectivity index (χ3n) is 8.78. The lowest BCUT2D eigenvalue weighted by Gasteiger charge is -2.46. The number of rotatable bonds is 10. The first-order valence-electron chi connectivity index (χ1n) is 14.8. The Kier molecular flexibility index (Phi) is 8.57. The molecule has 43 heavy (non-hydrogen) atoms. The highest BCUT2D eigenvalue weighted by Crippen LogP contribution is 2.57. The molecule has 0 aliphatic carbocycles. The summed E-state index contributed by atoms with van der Waals surface area (Å²) < 4.78 is 14.4. The number of nitrogens with one attached hydrogen (secondary N) is 2. The molecular weight excluding hydrogens is 657 g/mol. The van der Waals surface area contributed by atoms with Crippen LogP contribution in [0.2, 0.25) is 0 Å². The molecule has 3 aromatic rings. The zero-order valence-corrected chi connectivity index (χ0v) is 26.5. The third kappa shape index (κ3) is 6.49. The van der Waals surface area contributed by atoms with Crippen LogP contribution in [0.1, 0.15) is 55.5 Å². The summed E-state index contributed by atoms with van der Waals surface area (Å²) in [6.45, 7) is 4.45. The zero-order chi connectivity index (χ0) is 30.1. The van der Waals surface area contributed by atoms with E-state index < -0.39 is 6.09 Å². The second-order valence-corrected chi connectivity index (χ2v) is 13.5. The SMILES string of the molecule is CC1(C)CC(OC(=O)Nc2cc(CCCCC(=O)Nc3ccc(C=O)cc3)ccc2-c2ccccc2)C2C3OC3C1N2I. The number of anilines is 2. The van der Waals surface area contributed by atoms with E-state index >= 15 is 0 Å². The molecule has 0 aromatic heterocycles. The molecule has 0 saturated carbocycles. The van der Waals surface area contributed by atoms with Gasteiger partial charge in [0.05, 0.1) is 17.8 Å². The molecule has 3 saturated heterocycles. The van der Waals surface area contributed by atoms with Crippen molar-refractivity contribution >= 4 is 52.5 Å². The molecule has 5 atom stereocenters. The first-order chi connectivity index (χ1) is 20.7. The number of morpholine rings is 1. The summed E-state index contributed by atoms with van der Waals surface area (Å²) in [7, 11) is 0. The minimum Gasteiger partial charge on any atom is -0.444 e. The maximum Gasteiger partial charge on any atom is 0.411 e. The Morgan fingerprint density at radius 2 is 1.79 bits per heavy atom. The summed E-state index contributed by atoms with van der Waals surface area (Å²) in [4.78, 5) is 36.6. The van der Waals surface area contributed by atoms with Gasteiger partial charge in [-0.05, 0) is 72.6 Å². The molecule has 2 N–H and O–H groups in total. The number of amides is 2. The Hall–Kier alpha value is -3.28. The predicted molar refractivity (Wildman–Crippen MR) is 174 cm³/mol. The molecule has 9 heteroatoms. The number of aldehydes is 1. The lowest BCUT2D eigenvalue weighted by Crippen LogP contribution is -2.56. The van der Waals surface area contributed by atoms with Gasteiger partial charge in [-0.15, -0.1) is 0 Å². The Balaban J connectivity index is 1.09. The quantitative estimate of drug-likeness (QED) is 0.0778. The molecule has 2 bridgehead atoms. The van der Waals surface area contributed by atoms with Crippen LogP contribution in [0.25, 0.3) is 11.1 Å². The normalized spacial score (nSPS) is 25.0. The van der Waals surface area contributed by atoms with Gasteiger partial charge in [0.1, 0.15) is 24.6 Å². The number of ether oxygens (including phenoxy) is 2. The largest absolute Gasteiger partial charge is 0.444 e. The number of carbonyl (C=O) groups is 3. The zero-order valence-electron chi connectivity index (χ0n) is 24.3. The van der Waals surface area contributed by atoms with E-state index in [2.05, 4.69) is 56.5 Å². The molecule has 5 unspecified atom stereocenters. The highest BCUT2D eigenvalue weighted by Gasteiger charge is 2.70. The van der Waals surface area contributed by atoms with E-state index in [4.69, 9.17) is 9.47 Å². The molecule has 0 radical (unpaired) electrons. The second kappa shape index (κ2) is 12.4. The summed E-state index contributed by atoms with van der Waals surface area (Å²) in [6.07, 6.45) is 3.94. The van der Waals surface area contributed by atoms with Crippen LogP contribution in [0.15, 0.2) is 72.8 Å². The number of hydrogen-bond acceptors (Lipinski definition) is 6. The average Bonchev–Trinajstić information content (AvgIpc) is 3.69. The highest BCUT2D eigenvalue weighted by atomic mass is 127. The average molecular weight is 694 g/mol. The molecule has 3 heterocycles. The van der Waals surface area contributed by atoms with E-state index in [-0.39, 0.29) is 35.7 Å². The topological polar surface area (TPSA) is 100 Å². The minimum atomic E-state index is -0.458. The van der Waals surface area contributed by atoms with Gasteiger partial charge in [0.25, 0.3) is 0 Å². The molecule has 224 valence electrons. The van der Waals surface area contributed by atoms with Crippen molar-refractivity contribution in [2.24, 2.45) is 5.41 Å². The molecule has 3 aliphatic heterocycles. The molecule has 3 aliphatic rings. The van der Waals surface area contributed by atoms with Crippen molar-refractivity contribution in [1.29, 1.82) is 0 Å². The fourth-order valence-corrected chi connectivity index (χ4v) is 8.38. The Labute approximate surface area is 266 Å². The number of unbranched alkanes of at least 4 members (excludes halogenated alkanes) is 1. The molecule has 3 aromatic carbocycles. The highest BCUT2D eigenvalue weighted by molar-refractivity contribution is 14.1. The number of aryl methyl sites for hydroxylation is 1. The first kappa shape index (κ1) is 29.8. The minimum absolute atomic E-state index is 0.0223. The van der Waals surface area contributed by atoms with E-state index in [0.29, 0.717) is 29.4 Å². The third-order valence-corrected chi connectivity index (χ3v) is 10.0. The van der Waals surface area contributed by atoms with Gasteiger partial charge in [0.15, 0.2) is 0 Å². The molecule has 6 rings (SSSR count). The van der Waals surface area contributed by atoms with Gasteiger partial charge in [-0.2, -0.15) is 0 Å².